The quantitative estimate of drug-likeness (QED) is 0.474. The molecule has 0 aliphatic heterocycles. The molecule has 1 heterocycles. The molecule has 29 heavy (non-hydrogen) atoms. The van der Waals surface area contributed by atoms with Crippen LogP contribution < -0.4 is 19.5 Å². The van der Waals surface area contributed by atoms with Crippen LogP contribution in [0.5, 0.6) is 17.5 Å². The van der Waals surface area contributed by atoms with Crippen LogP contribution in [0.4, 0.5) is 0 Å². The molecule has 8 heteroatoms. The van der Waals surface area contributed by atoms with Gasteiger partial charge in [0.25, 0.3) is 5.89 Å². The summed E-state index contributed by atoms with van der Waals surface area (Å²) in [5.41, 5.74) is 2.07. The van der Waals surface area contributed by atoms with E-state index in [0.29, 0.717) is 12.5 Å². The maximum Gasteiger partial charge on any atom is 0.354 e. The number of methoxy groups -OCH3 is 2. The molecule has 3 rings (SSSR count). The molecular formula is C21H26ClN3O4. The lowest BCUT2D eigenvalue weighted by atomic mass is 10.1. The van der Waals surface area contributed by atoms with E-state index in [9.17, 15) is 0 Å². The summed E-state index contributed by atoms with van der Waals surface area (Å²) in [6.07, 6.45) is 1.76. The molecule has 0 radical (unpaired) electrons. The third-order valence-corrected chi connectivity index (χ3v) is 4.20. The van der Waals surface area contributed by atoms with Gasteiger partial charge in [0, 0.05) is 5.56 Å². The number of hydrogen-bond donors (Lipinski definition) is 1. The number of ether oxygens (including phenoxy) is 3. The molecule has 0 aliphatic carbocycles. The highest BCUT2D eigenvalue weighted by atomic mass is 35.5. The van der Waals surface area contributed by atoms with Gasteiger partial charge in [-0.25, -0.2) is 0 Å². The van der Waals surface area contributed by atoms with E-state index in [2.05, 4.69) is 15.5 Å². The van der Waals surface area contributed by atoms with Crippen LogP contribution in [0.25, 0.3) is 11.5 Å². The highest BCUT2D eigenvalue weighted by Crippen LogP contribution is 2.27. The Bertz CT molecular complexity index is 858. The summed E-state index contributed by atoms with van der Waals surface area (Å²) < 4.78 is 21.3. The van der Waals surface area contributed by atoms with Crippen molar-refractivity contribution in [2.24, 2.45) is 0 Å². The van der Waals surface area contributed by atoms with Crippen LogP contribution in [0.2, 0.25) is 0 Å². The van der Waals surface area contributed by atoms with E-state index in [4.69, 9.17) is 18.7 Å². The third kappa shape index (κ3) is 6.66. The molecule has 0 spiro atoms. The molecule has 0 atom stereocenters. The second kappa shape index (κ2) is 11.9. The second-order valence-corrected chi connectivity index (χ2v) is 6.14. The van der Waals surface area contributed by atoms with Crippen LogP contribution in [0.3, 0.4) is 0 Å². The number of nitrogens with zero attached hydrogens (tertiary/aromatic N) is 2. The van der Waals surface area contributed by atoms with Gasteiger partial charge in [0.1, 0.15) is 0 Å². The average molecular weight is 420 g/mol. The van der Waals surface area contributed by atoms with Gasteiger partial charge >= 0.3 is 6.01 Å². The van der Waals surface area contributed by atoms with Crippen LogP contribution in [0.1, 0.15) is 12.0 Å². The normalized spacial score (nSPS) is 10.3. The monoisotopic (exact) mass is 419 g/mol. The molecule has 3 aromatic rings. The van der Waals surface area contributed by atoms with Crippen molar-refractivity contribution in [2.75, 3.05) is 33.9 Å². The Morgan fingerprint density at radius 3 is 2.52 bits per heavy atom. The maximum atomic E-state index is 5.54. The molecule has 1 aromatic heterocycles. The minimum absolute atomic E-state index is 0. The van der Waals surface area contributed by atoms with E-state index >= 15 is 0 Å². The van der Waals surface area contributed by atoms with Gasteiger partial charge in [-0.3, -0.25) is 0 Å². The van der Waals surface area contributed by atoms with Crippen molar-refractivity contribution in [3.63, 3.8) is 0 Å². The van der Waals surface area contributed by atoms with Crippen molar-refractivity contribution >= 4 is 12.4 Å². The van der Waals surface area contributed by atoms with Crippen LogP contribution in [-0.2, 0) is 6.42 Å². The van der Waals surface area contributed by atoms with Crippen LogP contribution >= 0.6 is 12.4 Å². The van der Waals surface area contributed by atoms with Crippen molar-refractivity contribution in [2.45, 2.75) is 12.8 Å². The number of benzene rings is 2. The first-order valence-corrected chi connectivity index (χ1v) is 9.23. The van der Waals surface area contributed by atoms with Crippen molar-refractivity contribution < 1.29 is 18.7 Å². The number of rotatable bonds is 11. The topological polar surface area (TPSA) is 78.6 Å². The van der Waals surface area contributed by atoms with Crippen LogP contribution in [0, 0.1) is 0 Å². The van der Waals surface area contributed by atoms with E-state index in [0.717, 1.165) is 43.0 Å². The molecule has 0 bridgehead atoms. The van der Waals surface area contributed by atoms with Crippen molar-refractivity contribution in [1.29, 1.82) is 0 Å². The number of nitrogens with one attached hydrogen (secondary N) is 1. The molecule has 1 N–H and O–H groups in total. The Morgan fingerprint density at radius 1 is 0.966 bits per heavy atom. The molecule has 0 saturated heterocycles. The molecule has 0 fully saturated rings. The molecule has 0 unspecified atom stereocenters. The fraction of sp³-hybridized carbons (Fsp3) is 0.333. The smallest absolute Gasteiger partial charge is 0.354 e. The van der Waals surface area contributed by atoms with E-state index in [-0.39, 0.29) is 18.4 Å². The third-order valence-electron chi connectivity index (χ3n) is 4.20. The molecule has 2 aromatic carbocycles. The van der Waals surface area contributed by atoms with E-state index < -0.39 is 0 Å². The van der Waals surface area contributed by atoms with Gasteiger partial charge in [0.15, 0.2) is 11.5 Å². The second-order valence-electron chi connectivity index (χ2n) is 6.14. The summed E-state index contributed by atoms with van der Waals surface area (Å²) in [5.74, 6) is 1.96. The van der Waals surface area contributed by atoms with Gasteiger partial charge in [-0.05, 0) is 60.9 Å². The molecule has 0 amide bonds. The predicted molar refractivity (Wildman–Crippen MR) is 113 cm³/mol. The van der Waals surface area contributed by atoms with Gasteiger partial charge in [-0.15, -0.1) is 12.4 Å². The van der Waals surface area contributed by atoms with Gasteiger partial charge in [-0.2, -0.15) is 4.98 Å². The summed E-state index contributed by atoms with van der Waals surface area (Å²) in [6, 6.07) is 15.9. The van der Waals surface area contributed by atoms with Crippen LogP contribution in [0.15, 0.2) is 53.1 Å². The molecule has 156 valence electrons. The minimum atomic E-state index is 0. The van der Waals surface area contributed by atoms with Crippen molar-refractivity contribution in [3.8, 4) is 29.0 Å². The average Bonchev–Trinajstić information content (AvgIpc) is 3.22. The first kappa shape index (κ1) is 22.5. The van der Waals surface area contributed by atoms with Crippen molar-refractivity contribution in [1.82, 2.24) is 15.5 Å². The summed E-state index contributed by atoms with van der Waals surface area (Å²) in [7, 11) is 3.28. The summed E-state index contributed by atoms with van der Waals surface area (Å²) in [5, 5.41) is 7.25. The Balaban J connectivity index is 0.00000300. The van der Waals surface area contributed by atoms with Gasteiger partial charge in [0.05, 0.1) is 20.8 Å². The van der Waals surface area contributed by atoms with E-state index in [1.165, 1.54) is 5.56 Å². The van der Waals surface area contributed by atoms with E-state index in [1.54, 1.807) is 14.2 Å². The molecule has 7 nitrogen and oxygen atoms in total. The summed E-state index contributed by atoms with van der Waals surface area (Å²) in [4.78, 5) is 4.24. The zero-order valence-electron chi connectivity index (χ0n) is 16.6. The zero-order chi connectivity index (χ0) is 19.6. The number of hydrogen-bond acceptors (Lipinski definition) is 7. The molecule has 0 saturated carbocycles. The molecular weight excluding hydrogens is 394 g/mol. The lowest BCUT2D eigenvalue weighted by Gasteiger charge is -2.10. The predicted octanol–water partition coefficient (Wildman–Crippen LogP) is 3.78. The minimum Gasteiger partial charge on any atom is -0.493 e. The molecule has 0 aliphatic rings. The fourth-order valence-electron chi connectivity index (χ4n) is 2.72. The summed E-state index contributed by atoms with van der Waals surface area (Å²) in [6.45, 7) is 2.24. The number of aromatic nitrogens is 2. The highest BCUT2D eigenvalue weighted by Gasteiger charge is 2.09. The summed E-state index contributed by atoms with van der Waals surface area (Å²) >= 11 is 0. The van der Waals surface area contributed by atoms with Gasteiger partial charge in [0.2, 0.25) is 0 Å². The Labute approximate surface area is 176 Å². The lowest BCUT2D eigenvalue weighted by molar-refractivity contribution is 0.268. The largest absolute Gasteiger partial charge is 0.493 e. The lowest BCUT2D eigenvalue weighted by Crippen LogP contribution is -2.20. The zero-order valence-corrected chi connectivity index (χ0v) is 17.4. The van der Waals surface area contributed by atoms with Gasteiger partial charge in [-0.1, -0.05) is 24.3 Å². The van der Waals surface area contributed by atoms with Crippen LogP contribution in [-0.4, -0.2) is 44.1 Å². The Morgan fingerprint density at radius 2 is 1.76 bits per heavy atom. The maximum absolute atomic E-state index is 5.54. The first-order valence-electron chi connectivity index (χ1n) is 9.23. The van der Waals surface area contributed by atoms with Crippen molar-refractivity contribution in [3.05, 3.63) is 54.1 Å². The highest BCUT2D eigenvalue weighted by molar-refractivity contribution is 5.85. The SMILES string of the molecule is COc1ccc(CCNCCCOc2noc(-c3ccccc3)n2)cc1OC.Cl. The standard InChI is InChI=1S/C21H25N3O4.ClH/c1-25-18-10-9-16(15-19(18)26-2)11-13-22-12-6-14-27-21-23-20(28-24-21)17-7-4-3-5-8-17;/h3-5,7-10,15,22H,6,11-14H2,1-2H3;1H. The van der Waals surface area contributed by atoms with Gasteiger partial charge < -0.3 is 24.1 Å². The first-order chi connectivity index (χ1) is 13.8. The fourth-order valence-corrected chi connectivity index (χ4v) is 2.72. The number of halogens is 1. The van der Waals surface area contributed by atoms with E-state index in [1.807, 2.05) is 48.5 Å². The Kier molecular flexibility index (Phi) is 9.27. The Hall–Kier alpha value is -2.77.